The van der Waals surface area contributed by atoms with E-state index in [1.165, 1.54) is 12.8 Å². The minimum Gasteiger partial charge on any atom is -0.495 e. The lowest BCUT2D eigenvalue weighted by atomic mass is 10.2. The molecule has 1 heterocycles. The molecular weight excluding hydrogens is 302 g/mol. The van der Waals surface area contributed by atoms with Gasteiger partial charge in [0.1, 0.15) is 5.75 Å². The van der Waals surface area contributed by atoms with E-state index in [2.05, 4.69) is 10.4 Å². The standard InChI is InChI=1S/C16H18ClN3O2/c1-22-15-7-6-11(17)10-14(15)18-16(21)13-8-9-20(19-13)12-4-2-3-5-12/h6-10,12H,2-5H2,1H3,(H,18,21). The molecule has 6 heteroatoms. The van der Waals surface area contributed by atoms with Crippen molar-refractivity contribution in [2.75, 3.05) is 12.4 Å². The number of nitrogens with zero attached hydrogens (tertiary/aromatic N) is 2. The zero-order valence-electron chi connectivity index (χ0n) is 12.4. The Kier molecular flexibility index (Phi) is 4.34. The molecule has 22 heavy (non-hydrogen) atoms. The minimum atomic E-state index is -0.266. The summed E-state index contributed by atoms with van der Waals surface area (Å²) < 4.78 is 7.12. The number of carbonyl (C=O) groups is 1. The number of hydrogen-bond acceptors (Lipinski definition) is 3. The molecule has 0 aliphatic heterocycles. The molecule has 1 amide bonds. The molecule has 1 aliphatic rings. The van der Waals surface area contributed by atoms with Gasteiger partial charge in [0.15, 0.2) is 5.69 Å². The van der Waals surface area contributed by atoms with E-state index in [1.807, 2.05) is 10.9 Å². The average molecular weight is 320 g/mol. The van der Waals surface area contributed by atoms with Crippen molar-refractivity contribution in [2.45, 2.75) is 31.7 Å². The first-order valence-corrected chi connectivity index (χ1v) is 7.75. The zero-order chi connectivity index (χ0) is 15.5. The van der Waals surface area contributed by atoms with Crippen LogP contribution in [0.15, 0.2) is 30.5 Å². The van der Waals surface area contributed by atoms with E-state index >= 15 is 0 Å². The van der Waals surface area contributed by atoms with E-state index in [1.54, 1.807) is 31.4 Å². The van der Waals surface area contributed by atoms with Crippen LogP contribution in [0.2, 0.25) is 5.02 Å². The monoisotopic (exact) mass is 319 g/mol. The number of nitrogens with one attached hydrogen (secondary N) is 1. The molecule has 0 saturated heterocycles. The third-order valence-corrected chi connectivity index (χ3v) is 4.18. The van der Waals surface area contributed by atoms with Crippen LogP contribution in [-0.2, 0) is 0 Å². The van der Waals surface area contributed by atoms with Gasteiger partial charge in [-0.3, -0.25) is 9.48 Å². The van der Waals surface area contributed by atoms with Crippen LogP contribution in [0.1, 0.15) is 42.2 Å². The van der Waals surface area contributed by atoms with Gasteiger partial charge < -0.3 is 10.1 Å². The topological polar surface area (TPSA) is 56.1 Å². The molecule has 116 valence electrons. The highest BCUT2D eigenvalue weighted by molar-refractivity contribution is 6.31. The van der Waals surface area contributed by atoms with Crippen molar-refractivity contribution in [2.24, 2.45) is 0 Å². The quantitative estimate of drug-likeness (QED) is 0.929. The van der Waals surface area contributed by atoms with Gasteiger partial charge in [0, 0.05) is 11.2 Å². The summed E-state index contributed by atoms with van der Waals surface area (Å²) in [5.74, 6) is 0.297. The van der Waals surface area contributed by atoms with Gasteiger partial charge >= 0.3 is 0 Å². The Morgan fingerprint density at radius 3 is 2.86 bits per heavy atom. The number of anilines is 1. The largest absolute Gasteiger partial charge is 0.495 e. The number of amides is 1. The summed E-state index contributed by atoms with van der Waals surface area (Å²) in [5.41, 5.74) is 0.935. The molecule has 3 rings (SSSR count). The predicted octanol–water partition coefficient (Wildman–Crippen LogP) is 3.91. The molecule has 1 aromatic heterocycles. The van der Waals surface area contributed by atoms with E-state index in [-0.39, 0.29) is 5.91 Å². The van der Waals surface area contributed by atoms with Crippen molar-refractivity contribution in [3.8, 4) is 5.75 Å². The Hall–Kier alpha value is -2.01. The summed E-state index contributed by atoms with van der Waals surface area (Å²) in [6, 6.07) is 7.25. The van der Waals surface area contributed by atoms with Crippen LogP contribution in [-0.4, -0.2) is 22.8 Å². The van der Waals surface area contributed by atoms with Crippen LogP contribution in [0.5, 0.6) is 5.75 Å². The van der Waals surface area contributed by atoms with Gasteiger partial charge in [-0.25, -0.2) is 0 Å². The highest BCUT2D eigenvalue weighted by Crippen LogP contribution is 2.30. The maximum Gasteiger partial charge on any atom is 0.276 e. The van der Waals surface area contributed by atoms with E-state index in [0.29, 0.717) is 28.2 Å². The fourth-order valence-electron chi connectivity index (χ4n) is 2.80. The normalized spacial score (nSPS) is 15.0. The van der Waals surface area contributed by atoms with Gasteiger partial charge in [0.2, 0.25) is 0 Å². The van der Waals surface area contributed by atoms with Crippen LogP contribution in [0.25, 0.3) is 0 Å². The second kappa shape index (κ2) is 6.40. The summed E-state index contributed by atoms with van der Waals surface area (Å²) in [5, 5.41) is 7.73. The molecule has 1 saturated carbocycles. The average Bonchev–Trinajstić information content (AvgIpc) is 3.18. The Labute approximate surface area is 134 Å². The lowest BCUT2D eigenvalue weighted by Gasteiger charge is -2.10. The van der Waals surface area contributed by atoms with Gasteiger partial charge in [-0.15, -0.1) is 0 Å². The Morgan fingerprint density at radius 1 is 1.36 bits per heavy atom. The Balaban J connectivity index is 1.76. The number of benzene rings is 1. The van der Waals surface area contributed by atoms with Crippen LogP contribution < -0.4 is 10.1 Å². The molecule has 0 bridgehead atoms. The molecule has 1 aromatic carbocycles. The van der Waals surface area contributed by atoms with Crippen molar-refractivity contribution in [1.29, 1.82) is 0 Å². The molecule has 1 fully saturated rings. The Bertz CT molecular complexity index is 678. The lowest BCUT2D eigenvalue weighted by molar-refractivity contribution is 0.102. The van der Waals surface area contributed by atoms with E-state index in [4.69, 9.17) is 16.3 Å². The molecule has 1 N–H and O–H groups in total. The molecule has 1 aliphatic carbocycles. The molecule has 0 spiro atoms. The van der Waals surface area contributed by atoms with Crippen LogP contribution in [0.4, 0.5) is 5.69 Å². The number of methoxy groups -OCH3 is 1. The van der Waals surface area contributed by atoms with Gasteiger partial charge in [-0.05, 0) is 37.1 Å². The maximum atomic E-state index is 12.3. The first-order valence-electron chi connectivity index (χ1n) is 7.37. The number of ether oxygens (including phenoxy) is 1. The third-order valence-electron chi connectivity index (χ3n) is 3.95. The summed E-state index contributed by atoms with van der Waals surface area (Å²) in [7, 11) is 1.55. The van der Waals surface area contributed by atoms with Crippen molar-refractivity contribution >= 4 is 23.2 Å². The first-order chi connectivity index (χ1) is 10.7. The molecular formula is C16H18ClN3O2. The number of halogens is 1. The van der Waals surface area contributed by atoms with Gasteiger partial charge in [-0.1, -0.05) is 24.4 Å². The van der Waals surface area contributed by atoms with Crippen molar-refractivity contribution in [1.82, 2.24) is 9.78 Å². The molecule has 5 nitrogen and oxygen atoms in total. The van der Waals surface area contributed by atoms with E-state index < -0.39 is 0 Å². The first kappa shape index (κ1) is 14.9. The summed E-state index contributed by atoms with van der Waals surface area (Å²) in [6.45, 7) is 0. The van der Waals surface area contributed by atoms with Crippen LogP contribution >= 0.6 is 11.6 Å². The highest BCUT2D eigenvalue weighted by atomic mass is 35.5. The van der Waals surface area contributed by atoms with Crippen molar-refractivity contribution < 1.29 is 9.53 Å². The van der Waals surface area contributed by atoms with Crippen molar-refractivity contribution in [3.63, 3.8) is 0 Å². The predicted molar refractivity (Wildman–Crippen MR) is 85.7 cm³/mol. The molecule has 0 atom stereocenters. The summed E-state index contributed by atoms with van der Waals surface area (Å²) in [4.78, 5) is 12.3. The number of aromatic nitrogens is 2. The molecule has 0 unspecified atom stereocenters. The SMILES string of the molecule is COc1ccc(Cl)cc1NC(=O)c1ccn(C2CCCC2)n1. The summed E-state index contributed by atoms with van der Waals surface area (Å²) in [6.07, 6.45) is 6.59. The minimum absolute atomic E-state index is 0.266. The Morgan fingerprint density at radius 2 is 2.14 bits per heavy atom. The van der Waals surface area contributed by atoms with E-state index in [9.17, 15) is 4.79 Å². The van der Waals surface area contributed by atoms with Crippen LogP contribution in [0, 0.1) is 0 Å². The number of carbonyl (C=O) groups excluding carboxylic acids is 1. The fraction of sp³-hybridized carbons (Fsp3) is 0.375. The number of rotatable bonds is 4. The highest BCUT2D eigenvalue weighted by Gasteiger charge is 2.19. The van der Waals surface area contributed by atoms with E-state index in [0.717, 1.165) is 12.8 Å². The third kappa shape index (κ3) is 3.09. The summed E-state index contributed by atoms with van der Waals surface area (Å²) >= 11 is 5.97. The zero-order valence-corrected chi connectivity index (χ0v) is 13.1. The van der Waals surface area contributed by atoms with Crippen LogP contribution in [0.3, 0.4) is 0 Å². The number of hydrogen-bond donors (Lipinski definition) is 1. The van der Waals surface area contributed by atoms with Crippen molar-refractivity contribution in [3.05, 3.63) is 41.2 Å². The van der Waals surface area contributed by atoms with Gasteiger partial charge in [-0.2, -0.15) is 5.10 Å². The smallest absolute Gasteiger partial charge is 0.276 e. The second-order valence-electron chi connectivity index (χ2n) is 5.42. The van der Waals surface area contributed by atoms with Gasteiger partial charge in [0.05, 0.1) is 18.8 Å². The fourth-order valence-corrected chi connectivity index (χ4v) is 2.97. The molecule has 0 radical (unpaired) electrons. The maximum absolute atomic E-state index is 12.3. The second-order valence-corrected chi connectivity index (χ2v) is 5.85. The van der Waals surface area contributed by atoms with Gasteiger partial charge in [0.25, 0.3) is 5.91 Å². The molecule has 2 aromatic rings. The lowest BCUT2D eigenvalue weighted by Crippen LogP contribution is -2.15.